The fourth-order valence-electron chi connectivity index (χ4n) is 1.47. The van der Waals surface area contributed by atoms with Gasteiger partial charge in [0.05, 0.1) is 11.3 Å². The zero-order valence-electron chi connectivity index (χ0n) is 8.66. The molecule has 4 heteroatoms. The van der Waals surface area contributed by atoms with Crippen LogP contribution in [0.15, 0.2) is 0 Å². The molecule has 0 fully saturated rings. The summed E-state index contributed by atoms with van der Waals surface area (Å²) in [4.78, 5) is 10.7. The van der Waals surface area contributed by atoms with Crippen molar-refractivity contribution in [1.82, 2.24) is 9.78 Å². The van der Waals surface area contributed by atoms with Crippen molar-refractivity contribution in [3.63, 3.8) is 0 Å². The second kappa shape index (κ2) is 4.91. The summed E-state index contributed by atoms with van der Waals surface area (Å²) in [5, 5.41) is 12.9. The average molecular weight is 196 g/mol. The van der Waals surface area contributed by atoms with Gasteiger partial charge in [-0.05, 0) is 26.7 Å². The Kier molecular flexibility index (Phi) is 3.83. The summed E-state index contributed by atoms with van der Waals surface area (Å²) < 4.78 is 1.83. The number of unbranched alkanes of at least 4 members (excludes halogenated alkanes) is 1. The lowest BCUT2D eigenvalue weighted by atomic mass is 10.2. The van der Waals surface area contributed by atoms with Crippen molar-refractivity contribution in [2.24, 2.45) is 0 Å². The van der Waals surface area contributed by atoms with Crippen molar-refractivity contribution in [1.29, 1.82) is 0 Å². The highest BCUT2D eigenvalue weighted by molar-refractivity contribution is 5.77. The Morgan fingerprint density at radius 2 is 2.14 bits per heavy atom. The molecule has 1 aromatic heterocycles. The highest BCUT2D eigenvalue weighted by atomic mass is 16.2. The second-order valence-corrected chi connectivity index (χ2v) is 3.36. The normalized spacial score (nSPS) is 10.5. The molecule has 0 radical (unpaired) electrons. The lowest BCUT2D eigenvalue weighted by Gasteiger charge is -2.02. The quantitative estimate of drug-likeness (QED) is 0.566. The van der Waals surface area contributed by atoms with Crippen LogP contribution in [0.1, 0.15) is 34.6 Å². The van der Waals surface area contributed by atoms with Crippen LogP contribution < -0.4 is 0 Å². The van der Waals surface area contributed by atoms with Gasteiger partial charge in [0.2, 0.25) is 0 Å². The van der Waals surface area contributed by atoms with Crippen LogP contribution in [-0.2, 0) is 6.54 Å². The Hall–Kier alpha value is -1.16. The number of rotatable bonds is 5. The smallest absolute Gasteiger partial charge is 0.153 e. The van der Waals surface area contributed by atoms with E-state index in [1.807, 2.05) is 18.5 Å². The summed E-state index contributed by atoms with van der Waals surface area (Å²) in [6.45, 7) is 4.70. The predicted molar refractivity (Wildman–Crippen MR) is 53.4 cm³/mol. The van der Waals surface area contributed by atoms with Gasteiger partial charge in [0.15, 0.2) is 6.29 Å². The molecule has 0 spiro atoms. The van der Waals surface area contributed by atoms with E-state index in [-0.39, 0.29) is 6.61 Å². The maximum absolute atomic E-state index is 10.7. The third-order valence-electron chi connectivity index (χ3n) is 2.33. The first-order valence-corrected chi connectivity index (χ1v) is 4.80. The minimum atomic E-state index is 0.208. The van der Waals surface area contributed by atoms with Crippen molar-refractivity contribution in [2.75, 3.05) is 6.61 Å². The molecule has 0 amide bonds. The van der Waals surface area contributed by atoms with Crippen molar-refractivity contribution in [2.45, 2.75) is 33.2 Å². The van der Waals surface area contributed by atoms with E-state index in [0.717, 1.165) is 37.1 Å². The summed E-state index contributed by atoms with van der Waals surface area (Å²) in [5.41, 5.74) is 2.38. The first-order valence-electron chi connectivity index (χ1n) is 4.80. The number of aromatic nitrogens is 2. The second-order valence-electron chi connectivity index (χ2n) is 3.36. The number of aliphatic hydroxyl groups is 1. The number of aliphatic hydroxyl groups excluding tert-OH is 1. The third-order valence-corrected chi connectivity index (χ3v) is 2.33. The molecule has 0 aliphatic rings. The minimum Gasteiger partial charge on any atom is -0.396 e. The van der Waals surface area contributed by atoms with Gasteiger partial charge in [0.1, 0.15) is 0 Å². The van der Waals surface area contributed by atoms with Gasteiger partial charge in [-0.3, -0.25) is 9.48 Å². The van der Waals surface area contributed by atoms with E-state index in [4.69, 9.17) is 5.11 Å². The number of aryl methyl sites for hydroxylation is 2. The fraction of sp³-hybridized carbons (Fsp3) is 0.600. The average Bonchev–Trinajstić information content (AvgIpc) is 2.42. The molecule has 1 rings (SSSR count). The Bertz CT molecular complexity index is 318. The summed E-state index contributed by atoms with van der Waals surface area (Å²) in [6, 6.07) is 0. The lowest BCUT2D eigenvalue weighted by molar-refractivity contribution is 0.112. The molecule has 14 heavy (non-hydrogen) atoms. The molecule has 0 unspecified atom stereocenters. The van der Waals surface area contributed by atoms with Crippen LogP contribution in [0.2, 0.25) is 0 Å². The van der Waals surface area contributed by atoms with Crippen LogP contribution in [0.3, 0.4) is 0 Å². The monoisotopic (exact) mass is 196 g/mol. The number of aldehydes is 1. The maximum Gasteiger partial charge on any atom is 0.153 e. The van der Waals surface area contributed by atoms with Crippen LogP contribution >= 0.6 is 0 Å². The molecule has 1 N–H and O–H groups in total. The van der Waals surface area contributed by atoms with Crippen LogP contribution in [0, 0.1) is 13.8 Å². The van der Waals surface area contributed by atoms with Crippen LogP contribution in [0.25, 0.3) is 0 Å². The molecule has 1 heterocycles. The molecule has 4 nitrogen and oxygen atoms in total. The summed E-state index contributed by atoms with van der Waals surface area (Å²) >= 11 is 0. The molecule has 0 atom stereocenters. The fourth-order valence-corrected chi connectivity index (χ4v) is 1.47. The van der Waals surface area contributed by atoms with Crippen molar-refractivity contribution < 1.29 is 9.90 Å². The number of carbonyl (C=O) groups excluding carboxylic acids is 1. The van der Waals surface area contributed by atoms with Crippen molar-refractivity contribution >= 4 is 6.29 Å². The summed E-state index contributed by atoms with van der Waals surface area (Å²) in [5.74, 6) is 0. The topological polar surface area (TPSA) is 55.1 Å². The van der Waals surface area contributed by atoms with E-state index in [1.165, 1.54) is 0 Å². The van der Waals surface area contributed by atoms with Crippen molar-refractivity contribution in [3.8, 4) is 0 Å². The van der Waals surface area contributed by atoms with Crippen LogP contribution in [0.4, 0.5) is 0 Å². The molecule has 0 bridgehead atoms. The molecule has 0 aliphatic carbocycles. The maximum atomic E-state index is 10.7. The number of hydrogen-bond acceptors (Lipinski definition) is 3. The van der Waals surface area contributed by atoms with E-state index in [0.29, 0.717) is 5.56 Å². The largest absolute Gasteiger partial charge is 0.396 e. The van der Waals surface area contributed by atoms with Crippen molar-refractivity contribution in [3.05, 3.63) is 17.0 Å². The van der Waals surface area contributed by atoms with Crippen LogP contribution in [0.5, 0.6) is 0 Å². The van der Waals surface area contributed by atoms with Gasteiger partial charge in [-0.15, -0.1) is 0 Å². The Labute approximate surface area is 83.5 Å². The first kappa shape index (κ1) is 10.9. The minimum absolute atomic E-state index is 0.208. The van der Waals surface area contributed by atoms with E-state index in [2.05, 4.69) is 5.10 Å². The van der Waals surface area contributed by atoms with Crippen LogP contribution in [-0.4, -0.2) is 27.8 Å². The molecule has 0 aromatic carbocycles. The predicted octanol–water partition coefficient (Wildman–Crippen LogP) is 1.08. The summed E-state index contributed by atoms with van der Waals surface area (Å²) in [6.07, 6.45) is 2.51. The molecular weight excluding hydrogens is 180 g/mol. The SMILES string of the molecule is Cc1nn(CCCCO)c(C)c1C=O. The Morgan fingerprint density at radius 1 is 1.43 bits per heavy atom. The van der Waals surface area contributed by atoms with E-state index < -0.39 is 0 Å². The first-order chi connectivity index (χ1) is 6.70. The van der Waals surface area contributed by atoms with E-state index in [1.54, 1.807) is 0 Å². The standard InChI is InChI=1S/C10H16N2O2/c1-8-10(7-14)9(2)12(11-8)5-3-4-6-13/h7,13H,3-6H2,1-2H3. The number of nitrogens with zero attached hydrogens (tertiary/aromatic N) is 2. The third kappa shape index (κ3) is 2.20. The Balaban J connectivity index is 2.73. The molecule has 0 saturated carbocycles. The van der Waals surface area contributed by atoms with Gasteiger partial charge in [0.25, 0.3) is 0 Å². The zero-order chi connectivity index (χ0) is 10.6. The highest BCUT2D eigenvalue weighted by Crippen LogP contribution is 2.10. The molecule has 78 valence electrons. The van der Waals surface area contributed by atoms with Gasteiger partial charge in [-0.2, -0.15) is 5.10 Å². The number of carbonyl (C=O) groups is 1. The zero-order valence-corrected chi connectivity index (χ0v) is 8.66. The number of hydrogen-bond donors (Lipinski definition) is 1. The van der Waals surface area contributed by atoms with E-state index >= 15 is 0 Å². The molecule has 0 aliphatic heterocycles. The van der Waals surface area contributed by atoms with Gasteiger partial charge in [0, 0.05) is 18.8 Å². The van der Waals surface area contributed by atoms with Gasteiger partial charge in [-0.1, -0.05) is 0 Å². The molecule has 0 saturated heterocycles. The highest BCUT2D eigenvalue weighted by Gasteiger charge is 2.09. The van der Waals surface area contributed by atoms with E-state index in [9.17, 15) is 4.79 Å². The molecular formula is C10H16N2O2. The lowest BCUT2D eigenvalue weighted by Crippen LogP contribution is -2.03. The Morgan fingerprint density at radius 3 is 2.64 bits per heavy atom. The summed E-state index contributed by atoms with van der Waals surface area (Å²) in [7, 11) is 0. The molecule has 1 aromatic rings. The van der Waals surface area contributed by atoms with Gasteiger partial charge < -0.3 is 5.11 Å². The van der Waals surface area contributed by atoms with Gasteiger partial charge >= 0.3 is 0 Å². The van der Waals surface area contributed by atoms with Gasteiger partial charge in [-0.25, -0.2) is 0 Å².